The summed E-state index contributed by atoms with van der Waals surface area (Å²) in [5.41, 5.74) is 10.6. The maximum atomic E-state index is 15.7. The topological polar surface area (TPSA) is 97.9 Å². The molecule has 0 amide bonds. The SMILES string of the molecule is CN(C)c1ccc(C#Cc2c3ccc([nH]3)c(-c3cc(C(C)(C)C)cc(C(C)(C)C)c3)c3nc(c(C#Cc4c(F)c(F)c(C(=O)O)c(F)c4F)c4nc(c(-c5cc(C(C)(C)C)cc(C(C)(C)C)c5)c5ccc2[nH]5)C=C4)C=C3)cc1. The third-order valence-electron chi connectivity index (χ3n) is 14.2. The van der Waals surface area contributed by atoms with Crippen LogP contribution in [0.3, 0.4) is 0 Å². The van der Waals surface area contributed by atoms with Gasteiger partial charge in [-0.15, -0.1) is 0 Å². The van der Waals surface area contributed by atoms with Crippen LogP contribution in [-0.4, -0.2) is 45.1 Å². The van der Waals surface area contributed by atoms with Gasteiger partial charge in [0.05, 0.1) is 44.9 Å². The Labute approximate surface area is 454 Å². The number of anilines is 1. The van der Waals surface area contributed by atoms with Gasteiger partial charge in [-0.3, -0.25) is 0 Å². The van der Waals surface area contributed by atoms with Gasteiger partial charge in [0.25, 0.3) is 0 Å². The average Bonchev–Trinajstić information content (AvgIpc) is 4.22. The Kier molecular flexibility index (Phi) is 13.9. The largest absolute Gasteiger partial charge is 0.477 e. The van der Waals surface area contributed by atoms with E-state index in [1.807, 2.05) is 79.7 Å². The second-order valence-corrected chi connectivity index (χ2v) is 24.4. The molecule has 0 unspecified atom stereocenters. The number of rotatable bonds is 4. The van der Waals surface area contributed by atoms with E-state index >= 15 is 17.6 Å². The summed E-state index contributed by atoms with van der Waals surface area (Å²) in [6.07, 6.45) is 7.12. The number of aromatic amines is 2. The monoisotopic (exact) mass is 1050 g/mol. The third kappa shape index (κ3) is 10.7. The lowest BCUT2D eigenvalue weighted by molar-refractivity contribution is 0.0683. The number of hydrogen-bond acceptors (Lipinski definition) is 4. The Morgan fingerprint density at radius 3 is 1.19 bits per heavy atom. The Hall–Kier alpha value is -8.41. The van der Waals surface area contributed by atoms with Gasteiger partial charge in [-0.05, 0) is 128 Å². The second kappa shape index (κ2) is 19.9. The van der Waals surface area contributed by atoms with Crippen molar-refractivity contribution in [2.45, 2.75) is 105 Å². The van der Waals surface area contributed by atoms with E-state index in [1.54, 1.807) is 12.2 Å². The number of benzene rings is 4. The fraction of sp³-hybridized carbons (Fsp3) is 0.269. The number of halogens is 4. The highest BCUT2D eigenvalue weighted by atomic mass is 19.2. The van der Waals surface area contributed by atoms with Crippen LogP contribution in [0, 0.1) is 47.0 Å². The van der Waals surface area contributed by atoms with Crippen LogP contribution in [-0.2, 0) is 21.7 Å². The molecule has 3 N–H and O–H groups in total. The fourth-order valence-electron chi connectivity index (χ4n) is 9.38. The van der Waals surface area contributed by atoms with E-state index in [1.165, 1.54) is 0 Å². The molecule has 7 nitrogen and oxygen atoms in total. The molecule has 4 aromatic carbocycles. The summed E-state index contributed by atoms with van der Waals surface area (Å²) in [7, 11) is 3.99. The third-order valence-corrected chi connectivity index (χ3v) is 14.2. The maximum absolute atomic E-state index is 15.7. The Morgan fingerprint density at radius 2 is 0.821 bits per heavy atom. The maximum Gasteiger partial charge on any atom is 0.341 e. The van der Waals surface area contributed by atoms with Crippen LogP contribution in [0.4, 0.5) is 23.2 Å². The first-order valence-corrected chi connectivity index (χ1v) is 25.9. The molecule has 7 aromatic rings. The van der Waals surface area contributed by atoms with E-state index < -0.39 is 40.4 Å². The summed E-state index contributed by atoms with van der Waals surface area (Å²) in [5, 5.41) is 9.45. The van der Waals surface area contributed by atoms with E-state index in [0.717, 1.165) is 66.8 Å². The Balaban J connectivity index is 1.47. The van der Waals surface area contributed by atoms with E-state index in [-0.39, 0.29) is 38.6 Å². The van der Waals surface area contributed by atoms with Crippen molar-refractivity contribution in [1.82, 2.24) is 19.9 Å². The lowest BCUT2D eigenvalue weighted by Crippen LogP contribution is -2.16. The minimum absolute atomic E-state index is 0.0849. The van der Waals surface area contributed by atoms with Gasteiger partial charge in [-0.25, -0.2) is 32.3 Å². The summed E-state index contributed by atoms with van der Waals surface area (Å²) in [6.45, 7) is 26.0. The van der Waals surface area contributed by atoms with Crippen molar-refractivity contribution in [2.75, 3.05) is 19.0 Å². The minimum Gasteiger partial charge on any atom is -0.477 e. The average molecular weight is 1050 g/mol. The number of aromatic carboxylic acids is 1. The number of aromatic nitrogens is 4. The smallest absolute Gasteiger partial charge is 0.341 e. The molecule has 0 spiro atoms. The van der Waals surface area contributed by atoms with Crippen LogP contribution in [0.1, 0.15) is 161 Å². The summed E-state index contributed by atoms with van der Waals surface area (Å²) < 4.78 is 61.9. The van der Waals surface area contributed by atoms with Crippen LogP contribution >= 0.6 is 0 Å². The van der Waals surface area contributed by atoms with Crippen molar-refractivity contribution in [3.8, 4) is 45.9 Å². The molecule has 0 atom stereocenters. The highest BCUT2D eigenvalue weighted by Gasteiger charge is 2.30. The number of carbonyl (C=O) groups is 1. The lowest BCUT2D eigenvalue weighted by atomic mass is 9.78. The molecule has 8 bridgehead atoms. The molecule has 3 aromatic heterocycles. The zero-order valence-electron chi connectivity index (χ0n) is 46.6. The van der Waals surface area contributed by atoms with Gasteiger partial charge < -0.3 is 20.0 Å². The van der Waals surface area contributed by atoms with E-state index in [4.69, 9.17) is 9.97 Å². The van der Waals surface area contributed by atoms with Gasteiger partial charge in [0, 0.05) is 47.5 Å². The van der Waals surface area contributed by atoms with Crippen molar-refractivity contribution in [3.05, 3.63) is 181 Å². The van der Waals surface area contributed by atoms with Gasteiger partial charge in [0.15, 0.2) is 23.3 Å². The molecule has 0 radical (unpaired) electrons. The first kappa shape index (κ1) is 54.4. The van der Waals surface area contributed by atoms with Crippen molar-refractivity contribution in [2.24, 2.45) is 0 Å². The predicted octanol–water partition coefficient (Wildman–Crippen LogP) is 16.3. The van der Waals surface area contributed by atoms with Crippen molar-refractivity contribution in [1.29, 1.82) is 0 Å². The zero-order valence-corrected chi connectivity index (χ0v) is 46.6. The minimum atomic E-state index is -2.17. The van der Waals surface area contributed by atoms with Crippen LogP contribution in [0.5, 0.6) is 0 Å². The summed E-state index contributed by atoms with van der Waals surface area (Å²) in [6, 6.07) is 29.2. The van der Waals surface area contributed by atoms with Crippen LogP contribution in [0.15, 0.2) is 84.9 Å². The first-order chi connectivity index (χ1) is 36.5. The number of carboxylic acid groups (broad SMARTS) is 1. The molecule has 2 aliphatic heterocycles. The summed E-state index contributed by atoms with van der Waals surface area (Å²) in [5.74, 6) is 1.94. The number of H-pyrrole nitrogens is 2. The normalized spacial score (nSPS) is 12.5. The van der Waals surface area contributed by atoms with Crippen molar-refractivity contribution >= 4 is 58.0 Å². The highest BCUT2D eigenvalue weighted by molar-refractivity contribution is 5.96. The first-order valence-electron chi connectivity index (χ1n) is 25.9. The standard InChI is InChI=1S/C67H63F4N5O2/c1-64(2,3)40-31-38(32-41(35-40)65(4,5)6)56-52-27-23-48(72-52)45(20-17-37-15-18-44(19-16-37)76(13)14)49-24-28-53(73-49)57(39-33-42(66(7,8)9)36-43(34-39)67(10,11)12)55-30-26-51(75-55)46(50-25-29-54(56)74-50)21-22-47-59(68)61(70)58(63(77)78)62(71)60(47)69/h15-16,18-19,23-36,72-73H,1-14H3,(H,77,78). The number of nitrogens with zero attached hydrogens (tertiary/aromatic N) is 3. The van der Waals surface area contributed by atoms with Gasteiger partial charge in [-0.1, -0.05) is 143 Å². The Morgan fingerprint density at radius 1 is 0.462 bits per heavy atom. The molecule has 2 aliphatic rings. The van der Waals surface area contributed by atoms with Gasteiger partial charge in [0.1, 0.15) is 11.1 Å². The van der Waals surface area contributed by atoms with Gasteiger partial charge >= 0.3 is 5.97 Å². The summed E-state index contributed by atoms with van der Waals surface area (Å²) >= 11 is 0. The van der Waals surface area contributed by atoms with E-state index in [9.17, 15) is 9.90 Å². The molecule has 5 heterocycles. The second-order valence-electron chi connectivity index (χ2n) is 24.4. The molecule has 0 fully saturated rings. The van der Waals surface area contributed by atoms with Crippen LogP contribution in [0.25, 0.3) is 68.6 Å². The molecule has 11 heteroatoms. The number of fused-ring (bicyclic) bond motifs is 8. The van der Waals surface area contributed by atoms with Gasteiger partial charge in [-0.2, -0.15) is 0 Å². The zero-order chi connectivity index (χ0) is 56.6. The Bertz CT molecular complexity index is 3740. The molecule has 9 rings (SSSR count). The molecule has 396 valence electrons. The lowest BCUT2D eigenvalue weighted by Gasteiger charge is -2.26. The van der Waals surface area contributed by atoms with Crippen molar-refractivity contribution < 1.29 is 27.5 Å². The van der Waals surface area contributed by atoms with Crippen LogP contribution in [0.2, 0.25) is 0 Å². The summed E-state index contributed by atoms with van der Waals surface area (Å²) in [4.78, 5) is 31.8. The van der Waals surface area contributed by atoms with Crippen LogP contribution < -0.4 is 4.90 Å². The van der Waals surface area contributed by atoms with Crippen molar-refractivity contribution in [3.63, 3.8) is 0 Å². The molecular formula is C67H63F4N5O2. The van der Waals surface area contributed by atoms with E-state index in [2.05, 4.69) is 153 Å². The predicted molar refractivity (Wildman–Crippen MR) is 310 cm³/mol. The molecule has 0 aliphatic carbocycles. The number of hydrogen-bond donors (Lipinski definition) is 3. The fourth-order valence-corrected chi connectivity index (χ4v) is 9.38. The quantitative estimate of drug-likeness (QED) is 0.0927. The molecule has 0 saturated heterocycles. The highest BCUT2D eigenvalue weighted by Crippen LogP contribution is 2.41. The molecular weight excluding hydrogens is 983 g/mol. The molecule has 0 saturated carbocycles. The number of carboxylic acids is 1. The van der Waals surface area contributed by atoms with Gasteiger partial charge in [0.2, 0.25) is 0 Å². The van der Waals surface area contributed by atoms with E-state index in [0.29, 0.717) is 28.0 Å². The molecule has 78 heavy (non-hydrogen) atoms. The number of nitrogens with one attached hydrogen (secondary N) is 2.